The van der Waals surface area contributed by atoms with E-state index in [1.54, 1.807) is 0 Å². The molecule has 0 radical (unpaired) electrons. The normalized spacial score (nSPS) is 11.6. The molecule has 0 saturated heterocycles. The number of hydrogen-bond donors (Lipinski definition) is 0. The highest BCUT2D eigenvalue weighted by Gasteiger charge is 2.09. The highest BCUT2D eigenvalue weighted by Crippen LogP contribution is 2.26. The molecule has 0 aliphatic rings. The van der Waals surface area contributed by atoms with Crippen LogP contribution in [0.5, 0.6) is 5.88 Å². The molecule has 2 aromatic rings. The second kappa shape index (κ2) is 6.01. The van der Waals surface area contributed by atoms with Gasteiger partial charge in [-0.3, -0.25) is 0 Å². The fraction of sp³-hybridized carbons (Fsp3) is 0.250. The van der Waals surface area contributed by atoms with Gasteiger partial charge in [0.25, 0.3) is 0 Å². The highest BCUT2D eigenvalue weighted by atomic mass is 16.5. The van der Waals surface area contributed by atoms with Crippen LogP contribution in [0.2, 0.25) is 0 Å². The summed E-state index contributed by atoms with van der Waals surface area (Å²) in [4.78, 5) is 7.67. The van der Waals surface area contributed by atoms with Crippen LogP contribution in [0.1, 0.15) is 30.9 Å². The molecule has 3 heteroatoms. The third-order valence-electron chi connectivity index (χ3n) is 3.07. The van der Waals surface area contributed by atoms with Crippen molar-refractivity contribution in [3.63, 3.8) is 0 Å². The summed E-state index contributed by atoms with van der Waals surface area (Å²) in [5.41, 5.74) is 2.98. The first kappa shape index (κ1) is 13.1. The van der Waals surface area contributed by atoms with Gasteiger partial charge in [-0.2, -0.15) is 0 Å². The fourth-order valence-corrected chi connectivity index (χ4v) is 1.91. The molecule has 0 fully saturated rings. The van der Waals surface area contributed by atoms with Crippen LogP contribution in [0.15, 0.2) is 42.6 Å². The molecule has 1 aromatic heterocycles. The molecule has 1 heterocycles. The molecule has 1 unspecified atom stereocenters. The number of benzene rings is 1. The summed E-state index contributed by atoms with van der Waals surface area (Å²) in [5.74, 6) is 0.907. The van der Waals surface area contributed by atoms with Crippen LogP contribution in [0.4, 0.5) is 5.69 Å². The Hall–Kier alpha value is -2.34. The van der Waals surface area contributed by atoms with Crippen LogP contribution in [-0.4, -0.2) is 11.6 Å². The Balaban J connectivity index is 2.18. The zero-order valence-electron chi connectivity index (χ0n) is 11.1. The van der Waals surface area contributed by atoms with Crippen molar-refractivity contribution in [2.24, 2.45) is 0 Å². The van der Waals surface area contributed by atoms with E-state index in [1.165, 1.54) is 5.56 Å². The van der Waals surface area contributed by atoms with E-state index in [4.69, 9.17) is 11.3 Å². The Morgan fingerprint density at radius 1 is 1.16 bits per heavy atom. The molecular formula is C16H16N2O. The molecule has 0 saturated carbocycles. The van der Waals surface area contributed by atoms with Crippen LogP contribution >= 0.6 is 0 Å². The van der Waals surface area contributed by atoms with Crippen LogP contribution in [-0.2, 0) is 0 Å². The average molecular weight is 252 g/mol. The first-order valence-electron chi connectivity index (χ1n) is 6.30. The van der Waals surface area contributed by atoms with Gasteiger partial charge in [0.15, 0.2) is 5.69 Å². The maximum atomic E-state index is 6.95. The van der Waals surface area contributed by atoms with Crippen molar-refractivity contribution in [2.45, 2.75) is 19.8 Å². The van der Waals surface area contributed by atoms with Gasteiger partial charge in [0.05, 0.1) is 13.2 Å². The van der Waals surface area contributed by atoms with E-state index in [0.29, 0.717) is 18.2 Å². The SMILES string of the molecule is [C-]#[N+]c1ccc(C(C)c2ccc(OCC)nc2)cc1. The van der Waals surface area contributed by atoms with E-state index in [-0.39, 0.29) is 5.92 Å². The minimum Gasteiger partial charge on any atom is -0.478 e. The van der Waals surface area contributed by atoms with E-state index in [9.17, 15) is 0 Å². The van der Waals surface area contributed by atoms with Gasteiger partial charge in [0.1, 0.15) is 0 Å². The molecule has 96 valence electrons. The summed E-state index contributed by atoms with van der Waals surface area (Å²) < 4.78 is 5.33. The van der Waals surface area contributed by atoms with Gasteiger partial charge in [0.2, 0.25) is 5.88 Å². The third kappa shape index (κ3) is 3.11. The molecule has 0 bridgehead atoms. The molecule has 0 aliphatic heterocycles. The van der Waals surface area contributed by atoms with Crippen molar-refractivity contribution in [2.75, 3.05) is 6.61 Å². The fourth-order valence-electron chi connectivity index (χ4n) is 1.91. The first-order chi connectivity index (χ1) is 9.24. The van der Waals surface area contributed by atoms with Gasteiger partial charge in [0, 0.05) is 18.2 Å². The minimum atomic E-state index is 0.253. The largest absolute Gasteiger partial charge is 0.478 e. The maximum absolute atomic E-state index is 6.95. The van der Waals surface area contributed by atoms with Crippen LogP contribution in [0.25, 0.3) is 4.85 Å². The van der Waals surface area contributed by atoms with E-state index >= 15 is 0 Å². The first-order valence-corrected chi connectivity index (χ1v) is 6.30. The minimum absolute atomic E-state index is 0.253. The van der Waals surface area contributed by atoms with Gasteiger partial charge in [-0.1, -0.05) is 37.3 Å². The highest BCUT2D eigenvalue weighted by molar-refractivity contribution is 5.47. The molecule has 19 heavy (non-hydrogen) atoms. The Morgan fingerprint density at radius 2 is 1.84 bits per heavy atom. The van der Waals surface area contributed by atoms with E-state index in [1.807, 2.05) is 49.5 Å². The standard InChI is InChI=1S/C16H16N2O/c1-4-19-16-10-7-14(11-18-16)12(2)13-5-8-15(17-3)9-6-13/h5-12H,4H2,1-2H3. The summed E-state index contributed by atoms with van der Waals surface area (Å²) in [6.07, 6.45) is 1.85. The van der Waals surface area contributed by atoms with Gasteiger partial charge in [-0.05, 0) is 18.1 Å². The second-order valence-corrected chi connectivity index (χ2v) is 4.29. The molecule has 0 aliphatic carbocycles. The molecule has 2 rings (SSSR count). The average Bonchev–Trinajstić information content (AvgIpc) is 2.48. The van der Waals surface area contributed by atoms with E-state index < -0.39 is 0 Å². The van der Waals surface area contributed by atoms with Crippen molar-refractivity contribution in [3.8, 4) is 5.88 Å². The Kier molecular flexibility index (Phi) is 4.15. The molecular weight excluding hydrogens is 236 g/mol. The Bertz CT molecular complexity index is 567. The van der Waals surface area contributed by atoms with Crippen LogP contribution in [0.3, 0.4) is 0 Å². The van der Waals surface area contributed by atoms with Gasteiger partial charge in [-0.15, -0.1) is 0 Å². The molecule has 1 aromatic carbocycles. The van der Waals surface area contributed by atoms with Crippen molar-refractivity contribution in [3.05, 3.63) is 65.1 Å². The van der Waals surface area contributed by atoms with Crippen molar-refractivity contribution in [1.82, 2.24) is 4.98 Å². The summed E-state index contributed by atoms with van der Waals surface area (Å²) in [6, 6.07) is 11.6. The quantitative estimate of drug-likeness (QED) is 0.763. The molecule has 3 nitrogen and oxygen atoms in total. The number of hydrogen-bond acceptors (Lipinski definition) is 2. The number of ether oxygens (including phenoxy) is 1. The third-order valence-corrected chi connectivity index (χ3v) is 3.07. The zero-order chi connectivity index (χ0) is 13.7. The maximum Gasteiger partial charge on any atom is 0.213 e. The second-order valence-electron chi connectivity index (χ2n) is 4.29. The number of nitrogens with zero attached hydrogens (tertiary/aromatic N) is 2. The monoisotopic (exact) mass is 252 g/mol. The van der Waals surface area contributed by atoms with E-state index in [0.717, 1.165) is 5.56 Å². The summed E-state index contributed by atoms with van der Waals surface area (Å²) in [7, 11) is 0. The van der Waals surface area contributed by atoms with Crippen LogP contribution in [0, 0.1) is 6.57 Å². The molecule has 0 amide bonds. The number of pyridine rings is 1. The predicted octanol–water partition coefficient (Wildman–Crippen LogP) is 4.18. The van der Waals surface area contributed by atoms with Crippen molar-refractivity contribution >= 4 is 5.69 Å². The summed E-state index contributed by atoms with van der Waals surface area (Å²) >= 11 is 0. The lowest BCUT2D eigenvalue weighted by atomic mass is 9.94. The zero-order valence-corrected chi connectivity index (χ0v) is 11.1. The lowest BCUT2D eigenvalue weighted by Gasteiger charge is -2.12. The molecule has 0 N–H and O–H groups in total. The lowest BCUT2D eigenvalue weighted by molar-refractivity contribution is 0.326. The van der Waals surface area contributed by atoms with Gasteiger partial charge < -0.3 is 4.74 Å². The van der Waals surface area contributed by atoms with Crippen molar-refractivity contribution in [1.29, 1.82) is 0 Å². The molecule has 1 atom stereocenters. The number of rotatable bonds is 4. The summed E-state index contributed by atoms with van der Waals surface area (Å²) in [5, 5.41) is 0. The van der Waals surface area contributed by atoms with Crippen LogP contribution < -0.4 is 4.74 Å². The summed E-state index contributed by atoms with van der Waals surface area (Å²) in [6.45, 7) is 11.6. The smallest absolute Gasteiger partial charge is 0.213 e. The molecule has 0 spiro atoms. The Morgan fingerprint density at radius 3 is 2.37 bits per heavy atom. The number of aromatic nitrogens is 1. The topological polar surface area (TPSA) is 26.5 Å². The van der Waals surface area contributed by atoms with E-state index in [2.05, 4.69) is 16.8 Å². The predicted molar refractivity (Wildman–Crippen MR) is 75.6 cm³/mol. The van der Waals surface area contributed by atoms with Gasteiger partial charge >= 0.3 is 0 Å². The van der Waals surface area contributed by atoms with Gasteiger partial charge in [-0.25, -0.2) is 9.83 Å². The lowest BCUT2D eigenvalue weighted by Crippen LogP contribution is -1.98. The van der Waals surface area contributed by atoms with Crippen molar-refractivity contribution < 1.29 is 4.74 Å². The Labute approximate surface area is 113 Å².